The van der Waals surface area contributed by atoms with Gasteiger partial charge >= 0.3 is 0 Å². The van der Waals surface area contributed by atoms with E-state index in [-0.39, 0.29) is 0 Å². The minimum atomic E-state index is -0.468. The van der Waals surface area contributed by atoms with Gasteiger partial charge in [-0.05, 0) is 24.1 Å². The van der Waals surface area contributed by atoms with Gasteiger partial charge in [0.2, 0.25) is 5.91 Å². The van der Waals surface area contributed by atoms with Crippen LogP contribution in [0.1, 0.15) is 24.2 Å². The number of rotatable bonds is 3. The van der Waals surface area contributed by atoms with Crippen LogP contribution in [0.5, 0.6) is 0 Å². The van der Waals surface area contributed by atoms with Crippen LogP contribution in [0.4, 0.5) is 0 Å². The maximum absolute atomic E-state index is 10.4. The Hall–Kier alpha value is -1.61. The Balaban J connectivity index is 2.78. The van der Waals surface area contributed by atoms with Crippen molar-refractivity contribution in [2.75, 3.05) is 0 Å². The molecule has 0 heterocycles. The van der Waals surface area contributed by atoms with Crippen LogP contribution in [0.2, 0.25) is 0 Å². The first-order valence-electron chi connectivity index (χ1n) is 4.35. The van der Waals surface area contributed by atoms with E-state index >= 15 is 0 Å². The largest absolute Gasteiger partial charge is 0.389 e. The molecule has 74 valence electrons. The van der Waals surface area contributed by atoms with Gasteiger partial charge in [-0.2, -0.15) is 0 Å². The maximum Gasteiger partial charge on any atom is 0.241 e. The summed E-state index contributed by atoms with van der Waals surface area (Å²) in [6, 6.07) is 7.26. The molecule has 1 amide bonds. The van der Waals surface area contributed by atoms with Crippen molar-refractivity contribution in [2.45, 2.75) is 13.0 Å². The number of amides is 1. The second-order valence-corrected chi connectivity index (χ2v) is 3.08. The number of hydrogen-bond acceptors (Lipinski definition) is 2. The fourth-order valence-electron chi connectivity index (χ4n) is 1.06. The van der Waals surface area contributed by atoms with Gasteiger partial charge in [-0.15, -0.1) is 0 Å². The summed E-state index contributed by atoms with van der Waals surface area (Å²) in [4.78, 5) is 10.4. The highest BCUT2D eigenvalue weighted by molar-refractivity contribution is 5.90. The van der Waals surface area contributed by atoms with Crippen molar-refractivity contribution in [1.29, 1.82) is 0 Å². The third-order valence-corrected chi connectivity index (χ3v) is 1.86. The zero-order valence-corrected chi connectivity index (χ0v) is 7.97. The third-order valence-electron chi connectivity index (χ3n) is 1.86. The van der Waals surface area contributed by atoms with E-state index in [4.69, 9.17) is 5.73 Å². The lowest BCUT2D eigenvalue weighted by molar-refractivity contribution is -0.113. The number of hydrogen-bond donors (Lipinski definition) is 2. The smallest absolute Gasteiger partial charge is 0.241 e. The highest BCUT2D eigenvalue weighted by atomic mass is 16.3. The van der Waals surface area contributed by atoms with Crippen molar-refractivity contribution in [3.63, 3.8) is 0 Å². The van der Waals surface area contributed by atoms with E-state index < -0.39 is 12.0 Å². The summed E-state index contributed by atoms with van der Waals surface area (Å²) >= 11 is 0. The van der Waals surface area contributed by atoms with Crippen LogP contribution in [-0.4, -0.2) is 11.0 Å². The minimum absolute atomic E-state index is 0.468. The van der Waals surface area contributed by atoms with Crippen LogP contribution in [0, 0.1) is 0 Å². The van der Waals surface area contributed by atoms with E-state index in [1.54, 1.807) is 13.0 Å². The summed E-state index contributed by atoms with van der Waals surface area (Å²) in [5.74, 6) is -0.468. The van der Waals surface area contributed by atoms with Gasteiger partial charge in [-0.25, -0.2) is 0 Å². The van der Waals surface area contributed by atoms with Gasteiger partial charge < -0.3 is 10.8 Å². The average Bonchev–Trinajstić information content (AvgIpc) is 2.15. The van der Waals surface area contributed by atoms with Gasteiger partial charge in [-0.1, -0.05) is 24.3 Å². The molecule has 0 aliphatic heterocycles. The summed E-state index contributed by atoms with van der Waals surface area (Å²) in [5, 5.41) is 9.24. The molecule has 0 aliphatic rings. The standard InChI is InChI=1S/C11H13NO2/c1-8(13)10-5-2-9(3-6-10)4-7-11(12)14/h2-8,13H,1H3,(H2,12,14). The first kappa shape index (κ1) is 10.5. The Kier molecular flexibility index (Phi) is 3.42. The molecule has 0 saturated carbocycles. The van der Waals surface area contributed by atoms with Crippen LogP contribution in [0.15, 0.2) is 30.3 Å². The minimum Gasteiger partial charge on any atom is -0.389 e. The van der Waals surface area contributed by atoms with Gasteiger partial charge in [0.1, 0.15) is 0 Å². The van der Waals surface area contributed by atoms with Crippen molar-refractivity contribution in [3.05, 3.63) is 41.5 Å². The second kappa shape index (κ2) is 4.58. The Bertz CT molecular complexity index is 339. The van der Waals surface area contributed by atoms with Crippen LogP contribution in [0.25, 0.3) is 6.08 Å². The molecule has 1 unspecified atom stereocenters. The predicted molar refractivity (Wildman–Crippen MR) is 55.3 cm³/mol. The SMILES string of the molecule is CC(O)c1ccc(C=CC(N)=O)cc1. The molecule has 0 aromatic heterocycles. The molecule has 1 aromatic carbocycles. The van der Waals surface area contributed by atoms with E-state index in [0.29, 0.717) is 0 Å². The number of aliphatic hydroxyl groups is 1. The number of primary amides is 1. The Morgan fingerprint density at radius 1 is 1.43 bits per heavy atom. The van der Waals surface area contributed by atoms with Gasteiger partial charge in [0, 0.05) is 6.08 Å². The Labute approximate surface area is 82.9 Å². The lowest BCUT2D eigenvalue weighted by Crippen LogP contribution is -2.05. The molecular weight excluding hydrogens is 178 g/mol. The Morgan fingerprint density at radius 2 is 2.00 bits per heavy atom. The fourth-order valence-corrected chi connectivity index (χ4v) is 1.06. The molecule has 14 heavy (non-hydrogen) atoms. The van der Waals surface area contributed by atoms with Crippen molar-refractivity contribution < 1.29 is 9.90 Å². The summed E-state index contributed by atoms with van der Waals surface area (Å²) < 4.78 is 0. The number of benzene rings is 1. The molecule has 1 aromatic rings. The van der Waals surface area contributed by atoms with E-state index in [2.05, 4.69) is 0 Å². The monoisotopic (exact) mass is 191 g/mol. The van der Waals surface area contributed by atoms with E-state index in [1.807, 2.05) is 24.3 Å². The van der Waals surface area contributed by atoms with E-state index in [0.717, 1.165) is 11.1 Å². The first-order valence-corrected chi connectivity index (χ1v) is 4.35. The van der Waals surface area contributed by atoms with Gasteiger partial charge in [0.25, 0.3) is 0 Å². The molecule has 3 nitrogen and oxygen atoms in total. The number of carbonyl (C=O) groups is 1. The molecule has 0 radical (unpaired) electrons. The molecule has 0 bridgehead atoms. The zero-order valence-electron chi connectivity index (χ0n) is 7.97. The molecular formula is C11H13NO2. The van der Waals surface area contributed by atoms with Crippen LogP contribution < -0.4 is 5.73 Å². The lowest BCUT2D eigenvalue weighted by atomic mass is 10.1. The van der Waals surface area contributed by atoms with Crippen molar-refractivity contribution in [2.24, 2.45) is 5.73 Å². The predicted octanol–water partition coefficient (Wildman–Crippen LogP) is 1.24. The van der Waals surface area contributed by atoms with Gasteiger partial charge in [0.15, 0.2) is 0 Å². The molecule has 3 heteroatoms. The quantitative estimate of drug-likeness (QED) is 0.706. The summed E-state index contributed by atoms with van der Waals surface area (Å²) in [7, 11) is 0. The molecule has 3 N–H and O–H groups in total. The van der Waals surface area contributed by atoms with Crippen molar-refractivity contribution >= 4 is 12.0 Å². The molecule has 0 aliphatic carbocycles. The van der Waals surface area contributed by atoms with E-state index in [1.165, 1.54) is 6.08 Å². The molecule has 0 spiro atoms. The summed E-state index contributed by atoms with van der Waals surface area (Å²) in [6.45, 7) is 1.70. The summed E-state index contributed by atoms with van der Waals surface area (Å²) in [6.07, 6.45) is 2.47. The van der Waals surface area contributed by atoms with Gasteiger partial charge in [0.05, 0.1) is 6.10 Å². The van der Waals surface area contributed by atoms with Crippen molar-refractivity contribution in [1.82, 2.24) is 0 Å². The number of aliphatic hydroxyl groups excluding tert-OH is 1. The van der Waals surface area contributed by atoms with Crippen LogP contribution >= 0.6 is 0 Å². The lowest BCUT2D eigenvalue weighted by Gasteiger charge is -2.03. The van der Waals surface area contributed by atoms with Crippen molar-refractivity contribution in [3.8, 4) is 0 Å². The fraction of sp³-hybridized carbons (Fsp3) is 0.182. The molecule has 0 fully saturated rings. The number of nitrogens with two attached hydrogens (primary N) is 1. The molecule has 0 saturated heterocycles. The summed E-state index contributed by atoms with van der Waals surface area (Å²) in [5.41, 5.74) is 6.68. The Morgan fingerprint density at radius 3 is 2.43 bits per heavy atom. The molecule has 1 atom stereocenters. The van der Waals surface area contributed by atoms with Crippen LogP contribution in [0.3, 0.4) is 0 Å². The third kappa shape index (κ3) is 3.03. The average molecular weight is 191 g/mol. The zero-order chi connectivity index (χ0) is 10.6. The van der Waals surface area contributed by atoms with Gasteiger partial charge in [-0.3, -0.25) is 4.79 Å². The second-order valence-electron chi connectivity index (χ2n) is 3.08. The number of carbonyl (C=O) groups excluding carboxylic acids is 1. The maximum atomic E-state index is 10.4. The van der Waals surface area contributed by atoms with Crippen LogP contribution in [-0.2, 0) is 4.79 Å². The van der Waals surface area contributed by atoms with E-state index in [9.17, 15) is 9.90 Å². The highest BCUT2D eigenvalue weighted by Crippen LogP contribution is 2.13. The highest BCUT2D eigenvalue weighted by Gasteiger charge is 1.98. The first-order chi connectivity index (χ1) is 6.59. The topological polar surface area (TPSA) is 63.3 Å². The normalized spacial score (nSPS) is 13.0. The molecule has 1 rings (SSSR count).